The smallest absolute Gasteiger partial charge is 0.333 e. The number of cyclic esters (lactones) is 1. The molecule has 192 valence electrons. The van der Waals surface area contributed by atoms with Gasteiger partial charge < -0.3 is 24.8 Å². The van der Waals surface area contributed by atoms with Gasteiger partial charge in [-0.3, -0.25) is 4.79 Å². The fraction of sp³-hybridized carbons (Fsp3) is 0.786. The summed E-state index contributed by atoms with van der Waals surface area (Å²) in [6.07, 6.45) is 3.87. The van der Waals surface area contributed by atoms with E-state index in [4.69, 9.17) is 9.47 Å². The number of hydrogen-bond donors (Lipinski definition) is 3. The van der Waals surface area contributed by atoms with E-state index in [1.54, 1.807) is 19.1 Å². The van der Waals surface area contributed by atoms with Crippen LogP contribution >= 0.6 is 0 Å². The third kappa shape index (κ3) is 2.61. The molecule has 0 aromatic heterocycles. The fourth-order valence-corrected chi connectivity index (χ4v) is 9.26. The summed E-state index contributed by atoms with van der Waals surface area (Å²) >= 11 is 0. The maximum atomic E-state index is 13.3. The minimum absolute atomic E-state index is 0.0341. The normalized spacial score (nSPS) is 55.5. The number of ketones is 1. The van der Waals surface area contributed by atoms with Crippen LogP contribution in [0.25, 0.3) is 0 Å². The van der Waals surface area contributed by atoms with Gasteiger partial charge in [-0.1, -0.05) is 25.5 Å². The van der Waals surface area contributed by atoms with Crippen LogP contribution in [0.4, 0.5) is 0 Å². The second-order valence-corrected chi connectivity index (χ2v) is 12.7. The molecule has 0 aromatic carbocycles. The van der Waals surface area contributed by atoms with Gasteiger partial charge in [-0.2, -0.15) is 0 Å². The van der Waals surface area contributed by atoms with Gasteiger partial charge in [0.1, 0.15) is 17.8 Å². The number of aliphatic hydroxyl groups is 3. The molecule has 3 saturated carbocycles. The van der Waals surface area contributed by atoms with Gasteiger partial charge in [-0.25, -0.2) is 4.79 Å². The van der Waals surface area contributed by atoms with E-state index < -0.39 is 40.3 Å². The number of ether oxygens (including phenoxy) is 2. The molecular formula is C28H38O7. The molecule has 0 amide bonds. The van der Waals surface area contributed by atoms with Crippen LogP contribution in [0.3, 0.4) is 0 Å². The summed E-state index contributed by atoms with van der Waals surface area (Å²) in [6, 6.07) is 0. The van der Waals surface area contributed by atoms with E-state index in [2.05, 4.69) is 0 Å². The van der Waals surface area contributed by atoms with Gasteiger partial charge in [0.15, 0.2) is 5.78 Å². The second kappa shape index (κ2) is 7.06. The first-order valence-electron chi connectivity index (χ1n) is 13.2. The summed E-state index contributed by atoms with van der Waals surface area (Å²) in [7, 11) is 0. The number of carbonyl (C=O) groups excluding carboxylic acids is 2. The molecule has 35 heavy (non-hydrogen) atoms. The Labute approximate surface area is 206 Å². The molecule has 6 rings (SSSR count). The third-order valence-corrected chi connectivity index (χ3v) is 11.9. The SMILES string of the molecule is CC1=C(C)C(=O)O[C@@H]([C@@H](C)[C@@]2(O)CC[C@H]3[C@@H]4[C@@H]5O[C@@H]5[C@@]5(O)CC=CC(=O)[C@]5(C)[C@H]4C[C@H](O)[C@@]32C)C1. The van der Waals surface area contributed by atoms with Crippen molar-refractivity contribution >= 4 is 11.8 Å². The van der Waals surface area contributed by atoms with Crippen LogP contribution in [0.15, 0.2) is 23.3 Å². The lowest BCUT2D eigenvalue weighted by Crippen LogP contribution is -2.71. The van der Waals surface area contributed by atoms with Crippen molar-refractivity contribution in [3.63, 3.8) is 0 Å². The molecule has 0 aromatic rings. The second-order valence-electron chi connectivity index (χ2n) is 12.7. The quantitative estimate of drug-likeness (QED) is 0.406. The van der Waals surface area contributed by atoms with E-state index in [-0.39, 0.29) is 41.5 Å². The predicted octanol–water partition coefficient (Wildman–Crippen LogP) is 2.47. The Balaban J connectivity index is 1.37. The van der Waals surface area contributed by atoms with Crippen LogP contribution in [0.1, 0.15) is 66.7 Å². The summed E-state index contributed by atoms with van der Waals surface area (Å²) in [6.45, 7) is 9.47. The first kappa shape index (κ1) is 23.8. The van der Waals surface area contributed by atoms with Crippen molar-refractivity contribution in [2.24, 2.45) is 34.5 Å². The molecule has 6 aliphatic rings. The standard InChI is InChI=1S/C28H38O7/c1-13-11-18(34-24(31)14(13)2)15(3)27(32)10-8-16-21-17(12-20(30)25(16,27)4)26(5)19(29)7-6-9-28(26,33)23-22(21)35-23/h6-7,15-18,20-23,30,32-33H,8-12H2,1-5H3/t15-,16+,17+,18-,20+,21+,22+,23+,25-,26+,27+,28+/m1/s1. The van der Waals surface area contributed by atoms with Crippen molar-refractivity contribution < 1.29 is 34.4 Å². The van der Waals surface area contributed by atoms with Crippen LogP contribution in [0.5, 0.6) is 0 Å². The molecule has 3 N–H and O–H groups in total. The molecule has 4 fully saturated rings. The summed E-state index contributed by atoms with van der Waals surface area (Å²) in [5.41, 5.74) is -2.78. The number of fused-ring (bicyclic) bond motifs is 8. The third-order valence-electron chi connectivity index (χ3n) is 11.9. The maximum Gasteiger partial charge on any atom is 0.333 e. The molecule has 0 spiro atoms. The molecule has 7 heteroatoms. The number of allylic oxidation sites excluding steroid dienone is 1. The Morgan fingerprint density at radius 2 is 1.86 bits per heavy atom. The van der Waals surface area contributed by atoms with Crippen molar-refractivity contribution in [2.45, 2.75) is 102 Å². The van der Waals surface area contributed by atoms with Crippen LogP contribution in [0, 0.1) is 34.5 Å². The van der Waals surface area contributed by atoms with E-state index in [0.717, 1.165) is 5.57 Å². The average Bonchev–Trinajstić information content (AvgIpc) is 3.56. The summed E-state index contributed by atoms with van der Waals surface area (Å²) < 4.78 is 11.9. The minimum atomic E-state index is -1.27. The topological polar surface area (TPSA) is 117 Å². The lowest BCUT2D eigenvalue weighted by Gasteiger charge is -2.62. The number of esters is 1. The molecular weight excluding hydrogens is 448 g/mol. The predicted molar refractivity (Wildman–Crippen MR) is 126 cm³/mol. The summed E-state index contributed by atoms with van der Waals surface area (Å²) in [5, 5.41) is 35.8. The van der Waals surface area contributed by atoms with Gasteiger partial charge in [0.25, 0.3) is 0 Å². The van der Waals surface area contributed by atoms with Crippen molar-refractivity contribution in [1.82, 2.24) is 0 Å². The first-order chi connectivity index (χ1) is 16.3. The molecule has 0 unspecified atom stereocenters. The van der Waals surface area contributed by atoms with E-state index in [9.17, 15) is 24.9 Å². The zero-order chi connectivity index (χ0) is 25.3. The minimum Gasteiger partial charge on any atom is -0.458 e. The van der Waals surface area contributed by atoms with Gasteiger partial charge in [-0.05, 0) is 70.3 Å². The highest BCUT2D eigenvalue weighted by Crippen LogP contribution is 2.72. The Bertz CT molecular complexity index is 1060. The summed E-state index contributed by atoms with van der Waals surface area (Å²) in [5.74, 6) is -1.15. The van der Waals surface area contributed by atoms with Crippen LogP contribution < -0.4 is 0 Å². The highest BCUT2D eigenvalue weighted by molar-refractivity contribution is 5.97. The number of epoxide rings is 1. The van der Waals surface area contributed by atoms with Crippen molar-refractivity contribution in [3.05, 3.63) is 23.3 Å². The highest BCUT2D eigenvalue weighted by atomic mass is 16.6. The maximum absolute atomic E-state index is 13.3. The van der Waals surface area contributed by atoms with E-state index >= 15 is 0 Å². The number of carbonyl (C=O) groups is 2. The van der Waals surface area contributed by atoms with Crippen LogP contribution in [0.2, 0.25) is 0 Å². The molecule has 0 radical (unpaired) electrons. The number of aliphatic hydroxyl groups excluding tert-OH is 1. The number of rotatable bonds is 2. The van der Waals surface area contributed by atoms with E-state index in [0.29, 0.717) is 37.7 Å². The molecule has 0 bridgehead atoms. The Morgan fingerprint density at radius 1 is 1.14 bits per heavy atom. The largest absolute Gasteiger partial charge is 0.458 e. The lowest BCUT2D eigenvalue weighted by molar-refractivity contribution is -0.234. The van der Waals surface area contributed by atoms with Crippen molar-refractivity contribution in [2.75, 3.05) is 0 Å². The molecule has 2 aliphatic heterocycles. The molecule has 7 nitrogen and oxygen atoms in total. The van der Waals surface area contributed by atoms with E-state index in [1.165, 1.54) is 0 Å². The number of hydrogen-bond acceptors (Lipinski definition) is 7. The van der Waals surface area contributed by atoms with Gasteiger partial charge >= 0.3 is 5.97 Å². The zero-order valence-electron chi connectivity index (χ0n) is 21.3. The molecule has 4 aliphatic carbocycles. The molecule has 12 atom stereocenters. The Hall–Kier alpha value is -1.54. The van der Waals surface area contributed by atoms with Gasteiger partial charge in [0.05, 0.1) is 23.2 Å². The molecule has 1 saturated heterocycles. The van der Waals surface area contributed by atoms with Crippen molar-refractivity contribution in [1.29, 1.82) is 0 Å². The van der Waals surface area contributed by atoms with Crippen LogP contribution in [-0.2, 0) is 19.1 Å². The van der Waals surface area contributed by atoms with Gasteiger partial charge in [0.2, 0.25) is 0 Å². The lowest BCUT2D eigenvalue weighted by atomic mass is 9.42. The highest BCUT2D eigenvalue weighted by Gasteiger charge is 2.80. The summed E-state index contributed by atoms with van der Waals surface area (Å²) in [4.78, 5) is 25.7. The first-order valence-corrected chi connectivity index (χ1v) is 13.2. The molecule has 2 heterocycles. The van der Waals surface area contributed by atoms with Crippen molar-refractivity contribution in [3.8, 4) is 0 Å². The Morgan fingerprint density at radius 3 is 2.54 bits per heavy atom. The van der Waals surface area contributed by atoms with Crippen LogP contribution in [-0.4, -0.2) is 62.7 Å². The zero-order valence-corrected chi connectivity index (χ0v) is 21.3. The monoisotopic (exact) mass is 486 g/mol. The fourth-order valence-electron chi connectivity index (χ4n) is 9.26. The Kier molecular flexibility index (Phi) is 4.81. The average molecular weight is 487 g/mol. The van der Waals surface area contributed by atoms with Gasteiger partial charge in [-0.15, -0.1) is 0 Å². The van der Waals surface area contributed by atoms with E-state index in [1.807, 2.05) is 27.7 Å². The van der Waals surface area contributed by atoms with Gasteiger partial charge in [0, 0.05) is 23.3 Å².